The summed E-state index contributed by atoms with van der Waals surface area (Å²) in [5.41, 5.74) is 4.94. The third-order valence-electron chi connectivity index (χ3n) is 3.73. The Balaban J connectivity index is 1.79. The molecule has 0 saturated carbocycles. The fourth-order valence-corrected chi connectivity index (χ4v) is 2.60. The van der Waals surface area contributed by atoms with Crippen molar-refractivity contribution in [2.24, 2.45) is 0 Å². The van der Waals surface area contributed by atoms with E-state index in [1.165, 1.54) is 5.56 Å². The molecule has 0 atom stereocenters. The molecule has 0 unspecified atom stereocenters. The highest BCUT2D eigenvalue weighted by atomic mass is 16.1. The van der Waals surface area contributed by atoms with Gasteiger partial charge in [0.25, 0.3) is 5.91 Å². The molecule has 21 heavy (non-hydrogen) atoms. The molecule has 3 heteroatoms. The fraction of sp³-hybridized carbons (Fsp3) is 0.167. The molecule has 3 aromatic rings. The van der Waals surface area contributed by atoms with E-state index in [-0.39, 0.29) is 5.91 Å². The molecule has 0 aliphatic carbocycles. The van der Waals surface area contributed by atoms with Gasteiger partial charge in [-0.2, -0.15) is 0 Å². The number of aryl methyl sites for hydroxylation is 2. The van der Waals surface area contributed by atoms with Gasteiger partial charge in [-0.15, -0.1) is 0 Å². The van der Waals surface area contributed by atoms with Gasteiger partial charge in [0, 0.05) is 17.4 Å². The predicted octanol–water partition coefficient (Wildman–Crippen LogP) is 3.71. The number of hydrogen-bond acceptors (Lipinski definition) is 1. The largest absolute Gasteiger partial charge is 0.350 e. The first kappa shape index (κ1) is 13.4. The van der Waals surface area contributed by atoms with Crippen LogP contribution in [0.4, 0.5) is 0 Å². The minimum atomic E-state index is -0.0646. The molecule has 0 saturated heterocycles. The number of carbonyl (C=O) groups is 1. The zero-order valence-corrected chi connectivity index (χ0v) is 12.2. The number of H-pyrrole nitrogens is 1. The van der Waals surface area contributed by atoms with E-state index in [9.17, 15) is 4.79 Å². The van der Waals surface area contributed by atoms with Crippen molar-refractivity contribution in [3.8, 4) is 0 Å². The average Bonchev–Trinajstić information content (AvgIpc) is 2.83. The van der Waals surface area contributed by atoms with Crippen molar-refractivity contribution in [3.05, 3.63) is 70.9 Å². The van der Waals surface area contributed by atoms with Gasteiger partial charge in [-0.25, -0.2) is 0 Å². The first-order valence-electron chi connectivity index (χ1n) is 7.06. The number of aromatic amines is 1. The summed E-state index contributed by atoms with van der Waals surface area (Å²) in [6.45, 7) is 4.56. The molecule has 1 amide bonds. The van der Waals surface area contributed by atoms with Gasteiger partial charge in [-0.3, -0.25) is 4.79 Å². The van der Waals surface area contributed by atoms with E-state index < -0.39 is 0 Å². The van der Waals surface area contributed by atoms with Crippen molar-refractivity contribution in [1.29, 1.82) is 0 Å². The zero-order valence-electron chi connectivity index (χ0n) is 12.2. The molecule has 1 aromatic heterocycles. The van der Waals surface area contributed by atoms with Crippen LogP contribution in [0.1, 0.15) is 27.2 Å². The molecule has 0 aliphatic heterocycles. The van der Waals surface area contributed by atoms with Crippen LogP contribution in [0.3, 0.4) is 0 Å². The highest BCUT2D eigenvalue weighted by Crippen LogP contribution is 2.21. The summed E-state index contributed by atoms with van der Waals surface area (Å²) in [7, 11) is 0. The van der Waals surface area contributed by atoms with Crippen molar-refractivity contribution >= 4 is 16.8 Å². The van der Waals surface area contributed by atoms with Gasteiger partial charge in [-0.05, 0) is 31.0 Å². The molecule has 0 aliphatic rings. The summed E-state index contributed by atoms with van der Waals surface area (Å²) in [4.78, 5) is 15.6. The second-order valence-electron chi connectivity index (χ2n) is 5.34. The number of carbonyl (C=O) groups excluding carboxylic acids is 1. The molecule has 3 rings (SSSR count). The lowest BCUT2D eigenvalue weighted by atomic mass is 10.1. The van der Waals surface area contributed by atoms with Crippen molar-refractivity contribution in [3.63, 3.8) is 0 Å². The standard InChI is InChI=1S/C18H18N2O/c1-12-6-5-7-14(10-12)11-19-18(21)17-13(2)15-8-3-4-9-16(15)20-17/h3-10,20H,11H2,1-2H3,(H,19,21). The topological polar surface area (TPSA) is 44.9 Å². The van der Waals surface area contributed by atoms with Crippen LogP contribution in [0.25, 0.3) is 10.9 Å². The van der Waals surface area contributed by atoms with E-state index >= 15 is 0 Å². The van der Waals surface area contributed by atoms with Gasteiger partial charge >= 0.3 is 0 Å². The van der Waals surface area contributed by atoms with Gasteiger partial charge in [0.15, 0.2) is 0 Å². The lowest BCUT2D eigenvalue weighted by Crippen LogP contribution is -2.23. The zero-order chi connectivity index (χ0) is 14.8. The Morgan fingerprint density at radius 1 is 1.10 bits per heavy atom. The van der Waals surface area contributed by atoms with Gasteiger partial charge in [-0.1, -0.05) is 48.0 Å². The van der Waals surface area contributed by atoms with E-state index in [1.807, 2.05) is 56.3 Å². The van der Waals surface area contributed by atoms with Gasteiger partial charge in [0.2, 0.25) is 0 Å². The maximum absolute atomic E-state index is 12.4. The Bertz CT molecular complexity index is 802. The Morgan fingerprint density at radius 3 is 2.67 bits per heavy atom. The number of fused-ring (bicyclic) bond motifs is 1. The molecule has 0 fully saturated rings. The summed E-state index contributed by atoms with van der Waals surface area (Å²) < 4.78 is 0. The second kappa shape index (κ2) is 5.44. The van der Waals surface area contributed by atoms with Crippen LogP contribution in [0.5, 0.6) is 0 Å². The summed E-state index contributed by atoms with van der Waals surface area (Å²) in [5, 5.41) is 4.07. The van der Waals surface area contributed by atoms with Gasteiger partial charge in [0.05, 0.1) is 0 Å². The molecular weight excluding hydrogens is 260 g/mol. The van der Waals surface area contributed by atoms with Crippen LogP contribution in [-0.2, 0) is 6.54 Å². The van der Waals surface area contributed by atoms with Crippen molar-refractivity contribution in [2.75, 3.05) is 0 Å². The lowest BCUT2D eigenvalue weighted by molar-refractivity contribution is 0.0946. The van der Waals surface area contributed by atoms with E-state index in [4.69, 9.17) is 0 Å². The maximum Gasteiger partial charge on any atom is 0.268 e. The quantitative estimate of drug-likeness (QED) is 0.753. The van der Waals surface area contributed by atoms with Crippen LogP contribution >= 0.6 is 0 Å². The van der Waals surface area contributed by atoms with E-state index in [0.29, 0.717) is 12.2 Å². The normalized spacial score (nSPS) is 10.8. The number of rotatable bonds is 3. The molecule has 3 nitrogen and oxygen atoms in total. The number of aromatic nitrogens is 1. The van der Waals surface area contributed by atoms with Crippen LogP contribution in [0, 0.1) is 13.8 Å². The summed E-state index contributed by atoms with van der Waals surface area (Å²) in [6.07, 6.45) is 0. The summed E-state index contributed by atoms with van der Waals surface area (Å²) in [5.74, 6) is -0.0646. The lowest BCUT2D eigenvalue weighted by Gasteiger charge is -2.05. The number of para-hydroxylation sites is 1. The van der Waals surface area contributed by atoms with Gasteiger partial charge < -0.3 is 10.3 Å². The first-order valence-corrected chi connectivity index (χ1v) is 7.06. The van der Waals surface area contributed by atoms with Crippen molar-refractivity contribution in [1.82, 2.24) is 10.3 Å². The summed E-state index contributed by atoms with van der Waals surface area (Å²) in [6, 6.07) is 16.1. The second-order valence-corrected chi connectivity index (χ2v) is 5.34. The molecule has 2 N–H and O–H groups in total. The highest BCUT2D eigenvalue weighted by molar-refractivity contribution is 6.00. The molecular formula is C18H18N2O. The Morgan fingerprint density at radius 2 is 1.90 bits per heavy atom. The van der Waals surface area contributed by atoms with Crippen molar-refractivity contribution in [2.45, 2.75) is 20.4 Å². The minimum Gasteiger partial charge on any atom is -0.350 e. The van der Waals surface area contributed by atoms with Crippen molar-refractivity contribution < 1.29 is 4.79 Å². The molecule has 106 valence electrons. The highest BCUT2D eigenvalue weighted by Gasteiger charge is 2.13. The van der Waals surface area contributed by atoms with E-state index in [2.05, 4.69) is 16.4 Å². The number of nitrogens with one attached hydrogen (secondary N) is 2. The average molecular weight is 278 g/mol. The molecule has 1 heterocycles. The number of hydrogen-bond donors (Lipinski definition) is 2. The molecule has 0 bridgehead atoms. The molecule has 2 aromatic carbocycles. The minimum absolute atomic E-state index is 0.0646. The van der Waals surface area contributed by atoms with Crippen LogP contribution in [0.2, 0.25) is 0 Å². The van der Waals surface area contributed by atoms with Crippen LogP contribution in [-0.4, -0.2) is 10.9 Å². The number of amides is 1. The first-order chi connectivity index (χ1) is 10.1. The van der Waals surface area contributed by atoms with Crippen LogP contribution in [0.15, 0.2) is 48.5 Å². The molecule has 0 radical (unpaired) electrons. The van der Waals surface area contributed by atoms with Gasteiger partial charge in [0.1, 0.15) is 5.69 Å². The fourth-order valence-electron chi connectivity index (χ4n) is 2.60. The smallest absolute Gasteiger partial charge is 0.268 e. The van der Waals surface area contributed by atoms with E-state index in [0.717, 1.165) is 22.0 Å². The predicted molar refractivity (Wildman–Crippen MR) is 85.4 cm³/mol. The van der Waals surface area contributed by atoms with Crippen LogP contribution < -0.4 is 5.32 Å². The SMILES string of the molecule is Cc1cccc(CNC(=O)c2[nH]c3ccccc3c2C)c1. The Hall–Kier alpha value is -2.55. The summed E-state index contributed by atoms with van der Waals surface area (Å²) >= 11 is 0. The maximum atomic E-state index is 12.4. The number of benzene rings is 2. The molecule has 0 spiro atoms. The Labute approximate surface area is 124 Å². The Kier molecular flexibility index (Phi) is 3.48. The monoisotopic (exact) mass is 278 g/mol. The van der Waals surface area contributed by atoms with E-state index in [1.54, 1.807) is 0 Å². The third-order valence-corrected chi connectivity index (χ3v) is 3.73. The third kappa shape index (κ3) is 2.68.